The van der Waals surface area contributed by atoms with Gasteiger partial charge in [-0.05, 0) is 52.2 Å². The van der Waals surface area contributed by atoms with Crippen LogP contribution in [0.15, 0.2) is 35.2 Å². The molecule has 146 valence electrons. The van der Waals surface area contributed by atoms with Gasteiger partial charge in [0, 0.05) is 0 Å². The van der Waals surface area contributed by atoms with E-state index in [4.69, 9.17) is 16.2 Å². The molecule has 0 amide bonds. The van der Waals surface area contributed by atoms with Crippen molar-refractivity contribution in [3.05, 3.63) is 30.3 Å². The highest BCUT2D eigenvalue weighted by molar-refractivity contribution is 7.92. The standard InChI is InChI=1S/C17H26N2O6S/c1-16(2,3)25-15(22)17(19,14(20)21)11-7-10-13(18)26(23,24)12-8-5-4-6-9-12/h4-6,8-9,13H,7,10-11,18-19H2,1-3H3,(H,20,21). The van der Waals surface area contributed by atoms with Crippen molar-refractivity contribution in [1.82, 2.24) is 0 Å². The minimum absolute atomic E-state index is 0.0231. The van der Waals surface area contributed by atoms with Crippen LogP contribution in [0.4, 0.5) is 0 Å². The summed E-state index contributed by atoms with van der Waals surface area (Å²) < 4.78 is 29.8. The Balaban J connectivity index is 2.79. The molecule has 8 nitrogen and oxygen atoms in total. The molecule has 0 saturated carbocycles. The van der Waals surface area contributed by atoms with Crippen molar-refractivity contribution in [2.24, 2.45) is 11.5 Å². The Morgan fingerprint density at radius 2 is 1.73 bits per heavy atom. The minimum Gasteiger partial charge on any atom is -0.479 e. The van der Waals surface area contributed by atoms with Crippen LogP contribution in [-0.4, -0.2) is 42.0 Å². The highest BCUT2D eigenvalue weighted by atomic mass is 32.2. The smallest absolute Gasteiger partial charge is 0.338 e. The van der Waals surface area contributed by atoms with Crippen LogP contribution in [-0.2, 0) is 24.2 Å². The zero-order valence-electron chi connectivity index (χ0n) is 15.1. The summed E-state index contributed by atoms with van der Waals surface area (Å²) in [6.07, 6.45) is -0.323. The number of carboxylic acids is 1. The van der Waals surface area contributed by atoms with Gasteiger partial charge in [0.2, 0.25) is 5.54 Å². The van der Waals surface area contributed by atoms with Crippen LogP contribution in [0.5, 0.6) is 0 Å². The van der Waals surface area contributed by atoms with E-state index in [0.29, 0.717) is 0 Å². The van der Waals surface area contributed by atoms with Gasteiger partial charge in [0.25, 0.3) is 0 Å². The van der Waals surface area contributed by atoms with E-state index in [-0.39, 0.29) is 24.2 Å². The number of nitrogens with two attached hydrogens (primary N) is 2. The largest absolute Gasteiger partial charge is 0.479 e. The zero-order chi connectivity index (χ0) is 20.2. The number of hydrogen-bond donors (Lipinski definition) is 3. The van der Waals surface area contributed by atoms with Gasteiger partial charge in [-0.15, -0.1) is 0 Å². The second-order valence-corrected chi connectivity index (χ2v) is 9.23. The maximum Gasteiger partial charge on any atom is 0.338 e. The van der Waals surface area contributed by atoms with E-state index in [1.165, 1.54) is 12.1 Å². The van der Waals surface area contributed by atoms with Crippen LogP contribution in [0.3, 0.4) is 0 Å². The van der Waals surface area contributed by atoms with Gasteiger partial charge in [-0.1, -0.05) is 18.2 Å². The predicted octanol–water partition coefficient (Wildman–Crippen LogP) is 1.04. The number of benzene rings is 1. The molecule has 1 aromatic rings. The fourth-order valence-electron chi connectivity index (χ4n) is 2.19. The van der Waals surface area contributed by atoms with Gasteiger partial charge in [-0.2, -0.15) is 0 Å². The Morgan fingerprint density at radius 3 is 2.19 bits per heavy atom. The second-order valence-electron chi connectivity index (χ2n) is 7.07. The molecule has 9 heteroatoms. The normalized spacial score (nSPS) is 15.7. The highest BCUT2D eigenvalue weighted by Gasteiger charge is 2.45. The number of carbonyl (C=O) groups is 2. The molecular weight excluding hydrogens is 360 g/mol. The quantitative estimate of drug-likeness (QED) is 0.443. The molecule has 0 radical (unpaired) electrons. The summed E-state index contributed by atoms with van der Waals surface area (Å²) in [4.78, 5) is 23.7. The van der Waals surface area contributed by atoms with E-state index in [2.05, 4.69) is 0 Å². The van der Waals surface area contributed by atoms with Crippen molar-refractivity contribution in [3.63, 3.8) is 0 Å². The third kappa shape index (κ3) is 5.52. The average molecular weight is 386 g/mol. The van der Waals surface area contributed by atoms with Crippen LogP contribution in [0.1, 0.15) is 40.0 Å². The summed E-state index contributed by atoms with van der Waals surface area (Å²) in [6, 6.07) is 7.70. The molecule has 2 atom stereocenters. The van der Waals surface area contributed by atoms with E-state index in [0.717, 1.165) is 0 Å². The molecular formula is C17H26N2O6S. The van der Waals surface area contributed by atoms with Gasteiger partial charge in [0.15, 0.2) is 9.84 Å². The van der Waals surface area contributed by atoms with Crippen LogP contribution >= 0.6 is 0 Å². The SMILES string of the molecule is CC(C)(C)OC(=O)C(N)(CCCC(N)S(=O)(=O)c1ccccc1)C(=O)O. The Kier molecular flexibility index (Phi) is 6.92. The molecule has 0 bridgehead atoms. The van der Waals surface area contributed by atoms with E-state index >= 15 is 0 Å². The highest BCUT2D eigenvalue weighted by Crippen LogP contribution is 2.21. The topological polar surface area (TPSA) is 150 Å². The lowest BCUT2D eigenvalue weighted by molar-refractivity contribution is -0.169. The third-order valence-electron chi connectivity index (χ3n) is 3.67. The molecule has 26 heavy (non-hydrogen) atoms. The number of carbonyl (C=O) groups excluding carboxylic acids is 1. The van der Waals surface area contributed by atoms with Crippen LogP contribution in [0.25, 0.3) is 0 Å². The Morgan fingerprint density at radius 1 is 1.19 bits per heavy atom. The molecule has 2 unspecified atom stereocenters. The predicted molar refractivity (Wildman–Crippen MR) is 95.9 cm³/mol. The molecule has 0 fully saturated rings. The maximum absolute atomic E-state index is 12.4. The maximum atomic E-state index is 12.4. The lowest BCUT2D eigenvalue weighted by Gasteiger charge is -2.28. The zero-order valence-corrected chi connectivity index (χ0v) is 16.0. The molecule has 1 rings (SSSR count). The second kappa shape index (κ2) is 8.15. The van der Waals surface area contributed by atoms with E-state index < -0.39 is 38.3 Å². The van der Waals surface area contributed by atoms with Crippen molar-refractivity contribution >= 4 is 21.8 Å². The molecule has 1 aromatic carbocycles. The molecule has 0 aliphatic rings. The average Bonchev–Trinajstić information content (AvgIpc) is 2.53. The number of aliphatic carboxylic acids is 1. The fourth-order valence-corrected chi connectivity index (χ4v) is 3.55. The summed E-state index contributed by atoms with van der Waals surface area (Å²) in [5, 5.41) is 8.09. The van der Waals surface area contributed by atoms with Gasteiger partial charge in [0.1, 0.15) is 11.0 Å². The van der Waals surface area contributed by atoms with E-state index in [1.54, 1.807) is 39.0 Å². The first-order valence-corrected chi connectivity index (χ1v) is 9.65. The molecule has 0 spiro atoms. The summed E-state index contributed by atoms with van der Waals surface area (Å²) >= 11 is 0. The Hall–Kier alpha value is -1.97. The molecule has 0 heterocycles. The van der Waals surface area contributed by atoms with E-state index in [1.807, 2.05) is 0 Å². The first-order valence-electron chi connectivity index (χ1n) is 8.11. The number of hydrogen-bond acceptors (Lipinski definition) is 7. The van der Waals surface area contributed by atoms with Crippen LogP contribution in [0.2, 0.25) is 0 Å². The van der Waals surface area contributed by atoms with E-state index in [9.17, 15) is 23.1 Å². The molecule has 5 N–H and O–H groups in total. The molecule has 0 aromatic heterocycles. The lowest BCUT2D eigenvalue weighted by atomic mass is 9.93. The van der Waals surface area contributed by atoms with Crippen molar-refractivity contribution in [2.75, 3.05) is 0 Å². The van der Waals surface area contributed by atoms with Crippen LogP contribution < -0.4 is 11.5 Å². The lowest BCUT2D eigenvalue weighted by Crippen LogP contribution is -2.57. The van der Waals surface area contributed by atoms with Crippen LogP contribution in [0, 0.1) is 0 Å². The first-order chi connectivity index (χ1) is 11.8. The van der Waals surface area contributed by atoms with Gasteiger partial charge in [0.05, 0.1) is 4.90 Å². The summed E-state index contributed by atoms with van der Waals surface area (Å²) in [5.41, 5.74) is 8.35. The van der Waals surface area contributed by atoms with Gasteiger partial charge in [-0.3, -0.25) is 0 Å². The molecule has 0 aliphatic carbocycles. The Bertz CT molecular complexity index is 742. The summed E-state index contributed by atoms with van der Waals surface area (Å²) in [5.74, 6) is -2.61. The van der Waals surface area contributed by atoms with Crippen molar-refractivity contribution in [1.29, 1.82) is 0 Å². The fraction of sp³-hybridized carbons (Fsp3) is 0.529. The number of esters is 1. The number of rotatable bonds is 8. The Labute approximate surface area is 153 Å². The third-order valence-corrected chi connectivity index (χ3v) is 5.64. The van der Waals surface area contributed by atoms with Crippen molar-refractivity contribution < 1.29 is 27.9 Å². The summed E-state index contributed by atoms with van der Waals surface area (Å²) in [6.45, 7) is 4.78. The minimum atomic E-state index is -3.75. The number of ether oxygens (including phenoxy) is 1. The summed E-state index contributed by atoms with van der Waals surface area (Å²) in [7, 11) is -3.75. The number of sulfone groups is 1. The molecule has 0 aliphatic heterocycles. The van der Waals surface area contributed by atoms with Gasteiger partial charge < -0.3 is 21.3 Å². The van der Waals surface area contributed by atoms with Gasteiger partial charge >= 0.3 is 11.9 Å². The number of carboxylic acid groups (broad SMARTS) is 1. The van der Waals surface area contributed by atoms with Gasteiger partial charge in [-0.25, -0.2) is 18.0 Å². The first kappa shape index (κ1) is 22.1. The van der Waals surface area contributed by atoms with Crippen molar-refractivity contribution in [3.8, 4) is 0 Å². The van der Waals surface area contributed by atoms with Crippen molar-refractivity contribution in [2.45, 2.75) is 61.4 Å². The monoisotopic (exact) mass is 386 g/mol. The molecule has 0 saturated heterocycles.